The molecule has 0 atom stereocenters. The maximum absolute atomic E-state index is 13.8. The van der Waals surface area contributed by atoms with Gasteiger partial charge in [0.1, 0.15) is 0 Å². The lowest BCUT2D eigenvalue weighted by Crippen LogP contribution is -2.41. The Labute approximate surface area is 141 Å². The molecule has 0 saturated carbocycles. The zero-order valence-electron chi connectivity index (χ0n) is 13.9. The van der Waals surface area contributed by atoms with Gasteiger partial charge >= 0.3 is 7.12 Å². The molecule has 0 aliphatic carbocycles. The van der Waals surface area contributed by atoms with Gasteiger partial charge in [-0.05, 0) is 50.9 Å². The smallest absolute Gasteiger partial charge is 0.491 e. The fraction of sp³-hybridized carbons (Fsp3) is 0.500. The largest absolute Gasteiger partial charge is 0.491 e. The van der Waals surface area contributed by atoms with E-state index >= 15 is 0 Å². The SMILES string of the molecule is COc1c(F)cc(C=C(CS)B2OC(C)(C)C(C)(C)O2)cc1F. The van der Waals surface area contributed by atoms with Crippen molar-refractivity contribution < 1.29 is 22.8 Å². The third kappa shape index (κ3) is 3.57. The Bertz CT molecular complexity index is 593. The monoisotopic (exact) mass is 342 g/mol. The summed E-state index contributed by atoms with van der Waals surface area (Å²) < 4.78 is 44.2. The summed E-state index contributed by atoms with van der Waals surface area (Å²) in [7, 11) is 0.617. The van der Waals surface area contributed by atoms with E-state index in [1.54, 1.807) is 6.08 Å². The molecule has 1 saturated heterocycles. The van der Waals surface area contributed by atoms with Crippen molar-refractivity contribution in [3.8, 4) is 5.75 Å². The molecule has 0 unspecified atom stereocenters. The van der Waals surface area contributed by atoms with Gasteiger partial charge in [-0.3, -0.25) is 0 Å². The Kier molecular flexibility index (Phi) is 5.13. The summed E-state index contributed by atoms with van der Waals surface area (Å²) >= 11 is 4.28. The molecule has 23 heavy (non-hydrogen) atoms. The van der Waals surface area contributed by atoms with Gasteiger partial charge in [-0.1, -0.05) is 6.08 Å². The highest BCUT2D eigenvalue weighted by molar-refractivity contribution is 7.80. The van der Waals surface area contributed by atoms with E-state index in [4.69, 9.17) is 9.31 Å². The first-order chi connectivity index (χ1) is 10.6. The molecule has 1 aliphatic heterocycles. The fourth-order valence-electron chi connectivity index (χ4n) is 2.25. The van der Waals surface area contributed by atoms with Crippen molar-refractivity contribution in [2.24, 2.45) is 0 Å². The molecule has 0 amide bonds. The van der Waals surface area contributed by atoms with E-state index in [9.17, 15) is 8.78 Å². The van der Waals surface area contributed by atoms with Crippen LogP contribution in [-0.2, 0) is 9.31 Å². The van der Waals surface area contributed by atoms with E-state index in [0.29, 0.717) is 16.8 Å². The quantitative estimate of drug-likeness (QED) is 0.664. The van der Waals surface area contributed by atoms with Crippen molar-refractivity contribution in [3.63, 3.8) is 0 Å². The van der Waals surface area contributed by atoms with Crippen LogP contribution in [0.5, 0.6) is 5.75 Å². The molecule has 0 aromatic heterocycles. The summed E-state index contributed by atoms with van der Waals surface area (Å²) in [6, 6.07) is 2.41. The first kappa shape index (κ1) is 18.3. The second-order valence-corrected chi connectivity index (χ2v) is 6.80. The molecule has 3 nitrogen and oxygen atoms in total. The Balaban J connectivity index is 2.34. The van der Waals surface area contributed by atoms with Crippen molar-refractivity contribution in [3.05, 3.63) is 34.8 Å². The minimum atomic E-state index is -0.758. The van der Waals surface area contributed by atoms with Crippen LogP contribution >= 0.6 is 12.6 Å². The molecule has 0 bridgehead atoms. The van der Waals surface area contributed by atoms with Crippen molar-refractivity contribution >= 4 is 25.8 Å². The van der Waals surface area contributed by atoms with Crippen LogP contribution in [0.15, 0.2) is 17.6 Å². The van der Waals surface area contributed by atoms with Gasteiger partial charge in [-0.2, -0.15) is 12.6 Å². The van der Waals surface area contributed by atoms with Gasteiger partial charge in [0.05, 0.1) is 18.3 Å². The van der Waals surface area contributed by atoms with Crippen LogP contribution in [-0.4, -0.2) is 31.2 Å². The number of ether oxygens (including phenoxy) is 1. The fourth-order valence-corrected chi connectivity index (χ4v) is 2.49. The lowest BCUT2D eigenvalue weighted by Gasteiger charge is -2.32. The minimum Gasteiger partial charge on any atom is -0.491 e. The molecule has 0 radical (unpaired) electrons. The maximum atomic E-state index is 13.8. The van der Waals surface area contributed by atoms with Crippen molar-refractivity contribution in [2.45, 2.75) is 38.9 Å². The second kappa shape index (κ2) is 6.45. The summed E-state index contributed by atoms with van der Waals surface area (Å²) in [5, 5.41) is 0. The molecule has 1 aliphatic rings. The third-order valence-corrected chi connectivity index (χ3v) is 4.68. The number of thiol groups is 1. The Morgan fingerprint density at radius 2 is 1.65 bits per heavy atom. The maximum Gasteiger partial charge on any atom is 0.491 e. The summed E-state index contributed by atoms with van der Waals surface area (Å²) in [6.07, 6.45) is 1.63. The van der Waals surface area contributed by atoms with E-state index < -0.39 is 35.7 Å². The lowest BCUT2D eigenvalue weighted by atomic mass is 9.78. The average Bonchev–Trinajstić information content (AvgIpc) is 2.64. The summed E-state index contributed by atoms with van der Waals surface area (Å²) in [6.45, 7) is 7.76. The van der Waals surface area contributed by atoms with Gasteiger partial charge in [-0.15, -0.1) is 0 Å². The Morgan fingerprint density at radius 3 is 2.04 bits per heavy atom. The average molecular weight is 342 g/mol. The van der Waals surface area contributed by atoms with E-state index in [1.165, 1.54) is 19.2 Å². The van der Waals surface area contributed by atoms with Crippen LogP contribution in [0.1, 0.15) is 33.3 Å². The Morgan fingerprint density at radius 1 is 1.17 bits per heavy atom. The van der Waals surface area contributed by atoms with Gasteiger partial charge < -0.3 is 14.0 Å². The molecule has 7 heteroatoms. The van der Waals surface area contributed by atoms with Gasteiger partial charge in [0.15, 0.2) is 17.4 Å². The Hall–Kier alpha value is -1.05. The zero-order valence-corrected chi connectivity index (χ0v) is 14.8. The molecule has 2 rings (SSSR count). The van der Waals surface area contributed by atoms with Gasteiger partial charge in [0, 0.05) is 5.75 Å². The van der Waals surface area contributed by atoms with Crippen molar-refractivity contribution in [2.75, 3.05) is 12.9 Å². The first-order valence-electron chi connectivity index (χ1n) is 7.31. The normalized spacial score (nSPS) is 20.0. The zero-order chi connectivity index (χ0) is 17.4. The number of hydrogen-bond acceptors (Lipinski definition) is 4. The van der Waals surface area contributed by atoms with Crippen molar-refractivity contribution in [1.82, 2.24) is 0 Å². The second-order valence-electron chi connectivity index (χ2n) is 6.48. The summed E-state index contributed by atoms with van der Waals surface area (Å²) in [4.78, 5) is 0. The third-order valence-electron chi connectivity index (χ3n) is 4.32. The highest BCUT2D eigenvalue weighted by Gasteiger charge is 2.52. The van der Waals surface area contributed by atoms with Gasteiger partial charge in [0.2, 0.25) is 0 Å². The molecule has 1 aromatic rings. The number of methoxy groups -OCH3 is 1. The molecular weight excluding hydrogens is 321 g/mol. The number of halogens is 2. The number of benzene rings is 1. The van der Waals surface area contributed by atoms with Crippen molar-refractivity contribution in [1.29, 1.82) is 0 Å². The standard InChI is InChI=1S/C16H21BF2O3S/c1-15(2)16(3,4)22-17(21-15)11(9-23)6-10-7-12(18)14(20-5)13(19)8-10/h6-8,23H,9H2,1-5H3. The predicted molar refractivity (Wildman–Crippen MR) is 90.8 cm³/mol. The van der Waals surface area contributed by atoms with Crippen LogP contribution in [0.3, 0.4) is 0 Å². The van der Waals surface area contributed by atoms with E-state index in [2.05, 4.69) is 17.4 Å². The molecule has 0 N–H and O–H groups in total. The van der Waals surface area contributed by atoms with E-state index in [-0.39, 0.29) is 0 Å². The van der Waals surface area contributed by atoms with E-state index in [0.717, 1.165) is 0 Å². The minimum absolute atomic E-state index is 0.339. The number of hydrogen-bond donors (Lipinski definition) is 1. The van der Waals surface area contributed by atoms with Crippen LogP contribution in [0, 0.1) is 11.6 Å². The predicted octanol–water partition coefficient (Wildman–Crippen LogP) is 3.92. The van der Waals surface area contributed by atoms with Crippen LogP contribution in [0.4, 0.5) is 8.78 Å². The van der Waals surface area contributed by atoms with Crippen LogP contribution in [0.2, 0.25) is 0 Å². The summed E-state index contributed by atoms with van der Waals surface area (Å²) in [5.41, 5.74) is 0.0715. The molecule has 1 fully saturated rings. The molecule has 1 heterocycles. The molecular formula is C16H21BF2O3S. The molecule has 0 spiro atoms. The lowest BCUT2D eigenvalue weighted by molar-refractivity contribution is 0.00578. The highest BCUT2D eigenvalue weighted by atomic mass is 32.1. The topological polar surface area (TPSA) is 27.7 Å². The van der Waals surface area contributed by atoms with Crippen LogP contribution < -0.4 is 4.74 Å². The first-order valence-corrected chi connectivity index (χ1v) is 7.94. The van der Waals surface area contributed by atoms with Gasteiger partial charge in [-0.25, -0.2) is 8.78 Å². The highest BCUT2D eigenvalue weighted by Crippen LogP contribution is 2.39. The van der Waals surface area contributed by atoms with Crippen LogP contribution in [0.25, 0.3) is 6.08 Å². The van der Waals surface area contributed by atoms with E-state index in [1.807, 2.05) is 27.7 Å². The molecule has 1 aromatic carbocycles. The number of rotatable bonds is 4. The molecule has 126 valence electrons. The summed E-state index contributed by atoms with van der Waals surface area (Å²) in [5.74, 6) is -1.57. The van der Waals surface area contributed by atoms with Gasteiger partial charge in [0.25, 0.3) is 0 Å².